The number of hydroxylamine groups is 1. The Morgan fingerprint density at radius 3 is 2.81 bits per heavy atom. The van der Waals surface area contributed by atoms with E-state index < -0.39 is 11.3 Å². The maximum atomic E-state index is 14.2. The Kier molecular flexibility index (Phi) is 7.41. The third-order valence-corrected chi connectivity index (χ3v) is 6.12. The molecule has 0 fully saturated rings. The normalized spacial score (nSPS) is 18.2. The van der Waals surface area contributed by atoms with Crippen molar-refractivity contribution in [1.82, 2.24) is 15.4 Å². The Morgan fingerprint density at radius 1 is 1.32 bits per heavy atom. The third-order valence-electron chi connectivity index (χ3n) is 6.12. The SMILES string of the molecule is CCN(CC)CCOc1cncc(C2=C[C@](C(=O)NO)(c3cccc(F)c3C)CC2)c1. The molecule has 0 unspecified atom stereocenters. The van der Waals surface area contributed by atoms with Crippen LogP contribution in [0.15, 0.2) is 42.7 Å². The van der Waals surface area contributed by atoms with Crippen LogP contribution in [0.3, 0.4) is 0 Å². The average molecular weight is 428 g/mol. The number of amides is 1. The van der Waals surface area contributed by atoms with Crippen LogP contribution in [-0.2, 0) is 10.2 Å². The molecule has 3 rings (SSSR count). The maximum Gasteiger partial charge on any atom is 0.257 e. The summed E-state index contributed by atoms with van der Waals surface area (Å²) in [5.41, 5.74) is 3.34. The minimum atomic E-state index is -1.14. The van der Waals surface area contributed by atoms with Crippen LogP contribution in [0, 0.1) is 12.7 Å². The number of carbonyl (C=O) groups is 1. The molecule has 1 aromatic heterocycles. The standard InChI is InChI=1S/C24H30FN3O3/c1-4-28(5-2)11-12-31-20-13-19(15-26-16-20)18-9-10-24(14-18,23(29)27-30)21-7-6-8-22(25)17(21)3/h6-8,13-16,30H,4-5,9-12H2,1-3H3,(H,27,29)/t24-/m0/s1. The molecule has 0 radical (unpaired) electrons. The molecule has 2 aromatic rings. The van der Waals surface area contributed by atoms with Gasteiger partial charge in [0.25, 0.3) is 5.91 Å². The van der Waals surface area contributed by atoms with Gasteiger partial charge in [-0.1, -0.05) is 32.1 Å². The predicted octanol–water partition coefficient (Wildman–Crippen LogP) is 3.87. The van der Waals surface area contributed by atoms with E-state index in [0.29, 0.717) is 36.3 Å². The van der Waals surface area contributed by atoms with Gasteiger partial charge < -0.3 is 9.64 Å². The average Bonchev–Trinajstić information content (AvgIpc) is 3.25. The van der Waals surface area contributed by atoms with Crippen molar-refractivity contribution < 1.29 is 19.1 Å². The number of hydrogen-bond acceptors (Lipinski definition) is 5. The van der Waals surface area contributed by atoms with Crippen molar-refractivity contribution >= 4 is 11.5 Å². The van der Waals surface area contributed by atoms with Crippen LogP contribution in [-0.4, -0.2) is 47.2 Å². The number of rotatable bonds is 9. The van der Waals surface area contributed by atoms with E-state index in [9.17, 15) is 14.4 Å². The number of carbonyl (C=O) groups excluding carboxylic acids is 1. The molecule has 0 spiro atoms. The number of nitrogens with zero attached hydrogens (tertiary/aromatic N) is 2. The lowest BCUT2D eigenvalue weighted by Gasteiger charge is -2.27. The molecule has 1 amide bonds. The molecule has 1 aromatic carbocycles. The molecule has 0 bridgehead atoms. The van der Waals surface area contributed by atoms with Crippen LogP contribution in [0.2, 0.25) is 0 Å². The highest BCUT2D eigenvalue weighted by atomic mass is 19.1. The first kappa shape index (κ1) is 22.9. The first-order valence-corrected chi connectivity index (χ1v) is 10.7. The first-order valence-electron chi connectivity index (χ1n) is 10.7. The monoisotopic (exact) mass is 427 g/mol. The van der Waals surface area contributed by atoms with E-state index in [-0.39, 0.29) is 5.82 Å². The smallest absolute Gasteiger partial charge is 0.257 e. The summed E-state index contributed by atoms with van der Waals surface area (Å²) in [6.07, 6.45) is 6.23. The predicted molar refractivity (Wildman–Crippen MR) is 117 cm³/mol. The summed E-state index contributed by atoms with van der Waals surface area (Å²) in [6, 6.07) is 6.60. The van der Waals surface area contributed by atoms with Gasteiger partial charge in [-0.3, -0.25) is 15.0 Å². The van der Waals surface area contributed by atoms with Crippen LogP contribution in [0.1, 0.15) is 43.4 Å². The van der Waals surface area contributed by atoms with Crippen molar-refractivity contribution in [3.8, 4) is 5.75 Å². The summed E-state index contributed by atoms with van der Waals surface area (Å²) in [7, 11) is 0. The molecule has 31 heavy (non-hydrogen) atoms. The number of allylic oxidation sites excluding steroid dienone is 1. The van der Waals surface area contributed by atoms with Gasteiger partial charge in [-0.25, -0.2) is 9.87 Å². The molecule has 1 atom stereocenters. The Morgan fingerprint density at radius 2 is 2.10 bits per heavy atom. The zero-order valence-electron chi connectivity index (χ0n) is 18.3. The van der Waals surface area contributed by atoms with Crippen molar-refractivity contribution in [3.63, 3.8) is 0 Å². The van der Waals surface area contributed by atoms with E-state index in [2.05, 4.69) is 23.7 Å². The minimum Gasteiger partial charge on any atom is -0.491 e. The summed E-state index contributed by atoms with van der Waals surface area (Å²) in [5, 5.41) is 9.41. The molecule has 0 aliphatic heterocycles. The van der Waals surface area contributed by atoms with Gasteiger partial charge in [-0.15, -0.1) is 0 Å². The topological polar surface area (TPSA) is 74.7 Å². The number of nitrogens with one attached hydrogen (secondary N) is 1. The van der Waals surface area contributed by atoms with E-state index in [1.54, 1.807) is 36.9 Å². The number of likely N-dealkylation sites (N-methyl/N-ethyl adjacent to an activating group) is 1. The van der Waals surface area contributed by atoms with Gasteiger partial charge in [0.05, 0.1) is 11.6 Å². The lowest BCUT2D eigenvalue weighted by atomic mass is 9.77. The molecular formula is C24H30FN3O3. The fraction of sp³-hybridized carbons (Fsp3) is 0.417. The number of pyridine rings is 1. The lowest BCUT2D eigenvalue weighted by Crippen LogP contribution is -2.41. The highest BCUT2D eigenvalue weighted by molar-refractivity contribution is 5.94. The van der Waals surface area contributed by atoms with Gasteiger partial charge in [-0.2, -0.15) is 0 Å². The second-order valence-corrected chi connectivity index (χ2v) is 7.78. The van der Waals surface area contributed by atoms with Crippen LogP contribution in [0.5, 0.6) is 5.75 Å². The van der Waals surface area contributed by atoms with Gasteiger partial charge in [0, 0.05) is 12.7 Å². The Hall–Kier alpha value is -2.77. The van der Waals surface area contributed by atoms with Crippen molar-refractivity contribution in [2.75, 3.05) is 26.2 Å². The van der Waals surface area contributed by atoms with E-state index in [4.69, 9.17) is 4.74 Å². The van der Waals surface area contributed by atoms with Crippen molar-refractivity contribution in [2.24, 2.45) is 0 Å². The minimum absolute atomic E-state index is 0.380. The zero-order valence-corrected chi connectivity index (χ0v) is 18.3. The molecule has 1 aliphatic carbocycles. The highest BCUT2D eigenvalue weighted by Crippen LogP contribution is 2.44. The van der Waals surface area contributed by atoms with Gasteiger partial charge in [0.1, 0.15) is 18.2 Å². The zero-order chi connectivity index (χ0) is 22.4. The molecule has 2 N–H and O–H groups in total. The molecule has 0 saturated carbocycles. The van der Waals surface area contributed by atoms with Crippen LogP contribution in [0.4, 0.5) is 4.39 Å². The number of ether oxygens (including phenoxy) is 1. The number of hydrogen-bond donors (Lipinski definition) is 2. The molecule has 166 valence electrons. The quantitative estimate of drug-likeness (QED) is 0.469. The summed E-state index contributed by atoms with van der Waals surface area (Å²) >= 11 is 0. The highest BCUT2D eigenvalue weighted by Gasteiger charge is 2.43. The van der Waals surface area contributed by atoms with Crippen molar-refractivity contribution in [2.45, 2.75) is 39.0 Å². The first-order chi connectivity index (χ1) is 14.9. The summed E-state index contributed by atoms with van der Waals surface area (Å²) in [6.45, 7) is 9.22. The molecule has 6 nitrogen and oxygen atoms in total. The summed E-state index contributed by atoms with van der Waals surface area (Å²) in [5.74, 6) is -0.290. The van der Waals surface area contributed by atoms with Crippen LogP contribution < -0.4 is 10.2 Å². The number of benzene rings is 1. The summed E-state index contributed by atoms with van der Waals surface area (Å²) < 4.78 is 20.1. The molecule has 1 aliphatic rings. The largest absolute Gasteiger partial charge is 0.491 e. The molecule has 1 heterocycles. The Balaban J connectivity index is 1.88. The third kappa shape index (κ3) is 4.78. The van der Waals surface area contributed by atoms with Crippen molar-refractivity contribution in [3.05, 3.63) is 65.2 Å². The maximum absolute atomic E-state index is 14.2. The lowest BCUT2D eigenvalue weighted by molar-refractivity contribution is -0.133. The van der Waals surface area contributed by atoms with E-state index in [1.807, 2.05) is 12.1 Å². The Labute approximate surface area is 182 Å². The second-order valence-electron chi connectivity index (χ2n) is 7.78. The number of halogens is 1. The van der Waals surface area contributed by atoms with E-state index >= 15 is 0 Å². The molecule has 7 heteroatoms. The fourth-order valence-electron chi connectivity index (χ4n) is 4.21. The van der Waals surface area contributed by atoms with Gasteiger partial charge in [0.15, 0.2) is 0 Å². The molecule has 0 saturated heterocycles. The van der Waals surface area contributed by atoms with Crippen LogP contribution >= 0.6 is 0 Å². The van der Waals surface area contributed by atoms with Crippen LogP contribution in [0.25, 0.3) is 5.57 Å². The van der Waals surface area contributed by atoms with E-state index in [1.165, 1.54) is 6.07 Å². The number of aromatic nitrogens is 1. The molecular weight excluding hydrogens is 397 g/mol. The summed E-state index contributed by atoms with van der Waals surface area (Å²) in [4.78, 5) is 19.3. The Bertz CT molecular complexity index is 959. The van der Waals surface area contributed by atoms with Crippen molar-refractivity contribution in [1.29, 1.82) is 0 Å². The van der Waals surface area contributed by atoms with Gasteiger partial charge in [0.2, 0.25) is 0 Å². The fourth-order valence-corrected chi connectivity index (χ4v) is 4.21. The van der Waals surface area contributed by atoms with Gasteiger partial charge >= 0.3 is 0 Å². The van der Waals surface area contributed by atoms with E-state index in [0.717, 1.165) is 30.8 Å². The van der Waals surface area contributed by atoms with Gasteiger partial charge in [-0.05, 0) is 67.3 Å². The second kappa shape index (κ2) is 10.0.